The van der Waals surface area contributed by atoms with Crippen molar-refractivity contribution in [2.24, 2.45) is 0 Å². The van der Waals surface area contributed by atoms with E-state index in [1.807, 2.05) is 6.07 Å². The van der Waals surface area contributed by atoms with Gasteiger partial charge in [-0.25, -0.2) is 4.39 Å². The van der Waals surface area contributed by atoms with Gasteiger partial charge in [0.05, 0.1) is 12.5 Å². The molecule has 2 nitrogen and oxygen atoms in total. The minimum Gasteiger partial charge on any atom is -0.265 e. The SMILES string of the molecule is N#CCc1cccc(F)c1-c1ccncc1. The lowest BCUT2D eigenvalue weighted by Crippen LogP contribution is -1.92. The molecular formula is C13H9FN2. The summed E-state index contributed by atoms with van der Waals surface area (Å²) in [5.41, 5.74) is 1.94. The minimum absolute atomic E-state index is 0.204. The van der Waals surface area contributed by atoms with Gasteiger partial charge in [-0.05, 0) is 29.3 Å². The molecule has 0 amide bonds. The molecule has 2 rings (SSSR count). The highest BCUT2D eigenvalue weighted by molar-refractivity contribution is 5.67. The molecule has 0 aliphatic carbocycles. The third kappa shape index (κ3) is 1.91. The van der Waals surface area contributed by atoms with Crippen LogP contribution in [-0.2, 0) is 6.42 Å². The van der Waals surface area contributed by atoms with Gasteiger partial charge in [0, 0.05) is 18.0 Å². The van der Waals surface area contributed by atoms with Crippen molar-refractivity contribution in [1.29, 1.82) is 5.26 Å². The Labute approximate surface area is 93.0 Å². The molecule has 0 radical (unpaired) electrons. The summed E-state index contributed by atoms with van der Waals surface area (Å²) in [6.45, 7) is 0. The molecule has 0 N–H and O–H groups in total. The topological polar surface area (TPSA) is 36.7 Å². The average Bonchev–Trinajstić information content (AvgIpc) is 2.31. The lowest BCUT2D eigenvalue weighted by Gasteiger charge is -2.07. The summed E-state index contributed by atoms with van der Waals surface area (Å²) >= 11 is 0. The third-order valence-electron chi connectivity index (χ3n) is 2.34. The zero-order valence-electron chi connectivity index (χ0n) is 8.52. The lowest BCUT2D eigenvalue weighted by molar-refractivity contribution is 0.630. The van der Waals surface area contributed by atoms with Crippen molar-refractivity contribution in [3.8, 4) is 17.2 Å². The van der Waals surface area contributed by atoms with E-state index in [2.05, 4.69) is 4.98 Å². The Morgan fingerprint density at radius 2 is 1.94 bits per heavy atom. The maximum atomic E-state index is 13.7. The van der Waals surface area contributed by atoms with Crippen LogP contribution in [0.3, 0.4) is 0 Å². The fourth-order valence-corrected chi connectivity index (χ4v) is 1.64. The van der Waals surface area contributed by atoms with Gasteiger partial charge in [0.15, 0.2) is 0 Å². The van der Waals surface area contributed by atoms with E-state index < -0.39 is 0 Å². The van der Waals surface area contributed by atoms with Crippen molar-refractivity contribution in [1.82, 2.24) is 4.98 Å². The van der Waals surface area contributed by atoms with Crippen LogP contribution < -0.4 is 0 Å². The quantitative estimate of drug-likeness (QED) is 0.767. The summed E-state index contributed by atoms with van der Waals surface area (Å²) in [4.78, 5) is 3.89. The first kappa shape index (κ1) is 10.3. The third-order valence-corrected chi connectivity index (χ3v) is 2.34. The molecule has 0 unspecified atom stereocenters. The highest BCUT2D eigenvalue weighted by Gasteiger charge is 2.09. The standard InChI is InChI=1S/C13H9FN2/c14-12-3-1-2-10(4-7-15)13(12)11-5-8-16-9-6-11/h1-3,5-6,8-9H,4H2. The van der Waals surface area contributed by atoms with Crippen molar-refractivity contribution < 1.29 is 4.39 Å². The number of benzene rings is 1. The van der Waals surface area contributed by atoms with Gasteiger partial charge in [-0.2, -0.15) is 5.26 Å². The fraction of sp³-hybridized carbons (Fsp3) is 0.0769. The molecular weight excluding hydrogens is 203 g/mol. The number of hydrogen-bond acceptors (Lipinski definition) is 2. The Morgan fingerprint density at radius 1 is 1.19 bits per heavy atom. The molecule has 0 saturated carbocycles. The second-order valence-corrected chi connectivity index (χ2v) is 3.34. The molecule has 1 aromatic heterocycles. The van der Waals surface area contributed by atoms with Gasteiger partial charge in [0.25, 0.3) is 0 Å². The average molecular weight is 212 g/mol. The van der Waals surface area contributed by atoms with E-state index >= 15 is 0 Å². The lowest BCUT2D eigenvalue weighted by atomic mass is 9.98. The molecule has 0 aliphatic rings. The first-order chi connectivity index (χ1) is 7.83. The number of hydrogen-bond donors (Lipinski definition) is 0. The Balaban J connectivity index is 2.60. The molecule has 0 aliphatic heterocycles. The van der Waals surface area contributed by atoms with E-state index in [9.17, 15) is 4.39 Å². The monoisotopic (exact) mass is 212 g/mol. The predicted molar refractivity (Wildman–Crippen MR) is 58.9 cm³/mol. The number of halogens is 1. The Hall–Kier alpha value is -2.21. The van der Waals surface area contributed by atoms with Crippen LogP contribution >= 0.6 is 0 Å². The zero-order chi connectivity index (χ0) is 11.4. The van der Waals surface area contributed by atoms with Crippen LogP contribution in [0.2, 0.25) is 0 Å². The van der Waals surface area contributed by atoms with Gasteiger partial charge in [-0.3, -0.25) is 4.98 Å². The maximum absolute atomic E-state index is 13.7. The highest BCUT2D eigenvalue weighted by Crippen LogP contribution is 2.26. The van der Waals surface area contributed by atoms with E-state index in [1.54, 1.807) is 36.7 Å². The summed E-state index contributed by atoms with van der Waals surface area (Å²) < 4.78 is 13.7. The molecule has 2 aromatic rings. The van der Waals surface area contributed by atoms with Crippen molar-refractivity contribution in [3.63, 3.8) is 0 Å². The summed E-state index contributed by atoms with van der Waals surface area (Å²) in [6.07, 6.45) is 3.42. The molecule has 0 spiro atoms. The van der Waals surface area contributed by atoms with Gasteiger partial charge in [-0.1, -0.05) is 12.1 Å². The maximum Gasteiger partial charge on any atom is 0.131 e. The largest absolute Gasteiger partial charge is 0.265 e. The predicted octanol–water partition coefficient (Wildman–Crippen LogP) is 2.95. The summed E-state index contributed by atoms with van der Waals surface area (Å²) in [6, 6.07) is 10.3. The summed E-state index contributed by atoms with van der Waals surface area (Å²) in [5, 5.41) is 8.70. The number of aromatic nitrogens is 1. The number of rotatable bonds is 2. The summed E-state index contributed by atoms with van der Waals surface area (Å²) in [5.74, 6) is -0.307. The molecule has 0 fully saturated rings. The van der Waals surface area contributed by atoms with Crippen LogP contribution in [0.15, 0.2) is 42.7 Å². The van der Waals surface area contributed by atoms with Gasteiger partial charge >= 0.3 is 0 Å². The van der Waals surface area contributed by atoms with E-state index in [0.29, 0.717) is 11.1 Å². The van der Waals surface area contributed by atoms with Crippen LogP contribution in [0.5, 0.6) is 0 Å². The normalized spacial score (nSPS) is 9.75. The molecule has 1 heterocycles. The van der Waals surface area contributed by atoms with Gasteiger partial charge in [0.1, 0.15) is 5.82 Å². The minimum atomic E-state index is -0.307. The van der Waals surface area contributed by atoms with Crippen LogP contribution in [0.1, 0.15) is 5.56 Å². The van der Waals surface area contributed by atoms with Crippen molar-refractivity contribution in [3.05, 3.63) is 54.1 Å². The van der Waals surface area contributed by atoms with Crippen LogP contribution in [0.25, 0.3) is 11.1 Å². The van der Waals surface area contributed by atoms with Crippen LogP contribution in [0.4, 0.5) is 4.39 Å². The van der Waals surface area contributed by atoms with E-state index in [-0.39, 0.29) is 12.2 Å². The Morgan fingerprint density at radius 3 is 2.62 bits per heavy atom. The van der Waals surface area contributed by atoms with Crippen molar-refractivity contribution in [2.75, 3.05) is 0 Å². The van der Waals surface area contributed by atoms with Gasteiger partial charge < -0.3 is 0 Å². The highest BCUT2D eigenvalue weighted by atomic mass is 19.1. The van der Waals surface area contributed by atoms with Crippen LogP contribution in [-0.4, -0.2) is 4.98 Å². The zero-order valence-corrected chi connectivity index (χ0v) is 8.52. The van der Waals surface area contributed by atoms with E-state index in [0.717, 1.165) is 5.56 Å². The van der Waals surface area contributed by atoms with Crippen molar-refractivity contribution >= 4 is 0 Å². The number of nitrogens with zero attached hydrogens (tertiary/aromatic N) is 2. The van der Waals surface area contributed by atoms with E-state index in [4.69, 9.17) is 5.26 Å². The number of pyridine rings is 1. The van der Waals surface area contributed by atoms with Crippen molar-refractivity contribution in [2.45, 2.75) is 6.42 Å². The molecule has 1 aromatic carbocycles. The molecule has 3 heteroatoms. The molecule has 78 valence electrons. The number of nitriles is 1. The van der Waals surface area contributed by atoms with Gasteiger partial charge in [0.2, 0.25) is 0 Å². The first-order valence-electron chi connectivity index (χ1n) is 4.87. The second kappa shape index (κ2) is 4.54. The first-order valence-corrected chi connectivity index (χ1v) is 4.87. The fourth-order valence-electron chi connectivity index (χ4n) is 1.64. The molecule has 0 bridgehead atoms. The second-order valence-electron chi connectivity index (χ2n) is 3.34. The molecule has 0 saturated heterocycles. The van der Waals surface area contributed by atoms with Crippen LogP contribution in [0, 0.1) is 17.1 Å². The smallest absolute Gasteiger partial charge is 0.131 e. The summed E-state index contributed by atoms with van der Waals surface area (Å²) in [7, 11) is 0. The Bertz CT molecular complexity index is 529. The van der Waals surface area contributed by atoms with E-state index in [1.165, 1.54) is 6.07 Å². The molecule has 16 heavy (non-hydrogen) atoms. The molecule has 0 atom stereocenters. The Kier molecular flexibility index (Phi) is 2.93. The van der Waals surface area contributed by atoms with Gasteiger partial charge in [-0.15, -0.1) is 0 Å².